The van der Waals surface area contributed by atoms with Gasteiger partial charge in [-0.1, -0.05) is 23.2 Å². The average molecular weight is 376 g/mol. The number of hydrogen-bond donors (Lipinski definition) is 3. The van der Waals surface area contributed by atoms with Crippen molar-refractivity contribution in [2.75, 3.05) is 16.4 Å². The van der Waals surface area contributed by atoms with Gasteiger partial charge in [-0.15, -0.1) is 0 Å². The fourth-order valence-electron chi connectivity index (χ4n) is 1.44. The van der Waals surface area contributed by atoms with E-state index in [-0.39, 0.29) is 0 Å². The molecule has 0 saturated carbocycles. The summed E-state index contributed by atoms with van der Waals surface area (Å²) in [5.74, 6) is 0.352. The third-order valence-electron chi connectivity index (χ3n) is 2.21. The minimum Gasteiger partial charge on any atom is -0.397 e. The molecule has 2 amide bonds. The van der Waals surface area contributed by atoms with E-state index in [2.05, 4.69) is 31.5 Å². The lowest BCUT2D eigenvalue weighted by molar-refractivity contribution is 0.262. The van der Waals surface area contributed by atoms with Crippen molar-refractivity contribution >= 4 is 62.4 Å². The number of nitrogens with one attached hydrogen (secondary N) is 2. The van der Waals surface area contributed by atoms with Crippen molar-refractivity contribution in [1.29, 1.82) is 0 Å². The molecule has 0 spiro atoms. The molecular formula is C12H9BrCl2N4O. The van der Waals surface area contributed by atoms with Gasteiger partial charge in [-0.3, -0.25) is 5.32 Å². The molecule has 0 unspecified atom stereocenters. The summed E-state index contributed by atoms with van der Waals surface area (Å²) in [5, 5.41) is 6.04. The van der Waals surface area contributed by atoms with E-state index < -0.39 is 6.03 Å². The van der Waals surface area contributed by atoms with Gasteiger partial charge in [0.25, 0.3) is 0 Å². The van der Waals surface area contributed by atoms with Gasteiger partial charge in [0.2, 0.25) is 0 Å². The number of hydrogen-bond acceptors (Lipinski definition) is 3. The third kappa shape index (κ3) is 4.00. The number of nitrogens with two attached hydrogens (primary N) is 1. The van der Waals surface area contributed by atoms with Gasteiger partial charge in [-0.05, 0) is 40.2 Å². The molecule has 8 heteroatoms. The highest BCUT2D eigenvalue weighted by Gasteiger charge is 2.08. The van der Waals surface area contributed by atoms with Crippen LogP contribution < -0.4 is 16.4 Å². The minimum atomic E-state index is -0.471. The molecule has 0 aliphatic rings. The van der Waals surface area contributed by atoms with Crippen LogP contribution >= 0.6 is 39.1 Å². The monoisotopic (exact) mass is 374 g/mol. The van der Waals surface area contributed by atoms with Gasteiger partial charge < -0.3 is 11.1 Å². The molecule has 2 aromatic rings. The predicted molar refractivity (Wildman–Crippen MR) is 85.5 cm³/mol. The van der Waals surface area contributed by atoms with E-state index >= 15 is 0 Å². The number of carbonyl (C=O) groups is 1. The molecule has 2 rings (SSSR count). The van der Waals surface area contributed by atoms with Gasteiger partial charge in [0, 0.05) is 15.7 Å². The largest absolute Gasteiger partial charge is 0.397 e. The number of rotatable bonds is 2. The lowest BCUT2D eigenvalue weighted by atomic mass is 10.3. The first-order valence-corrected chi connectivity index (χ1v) is 6.94. The second-order valence-electron chi connectivity index (χ2n) is 3.84. The molecular weight excluding hydrogens is 367 g/mol. The summed E-state index contributed by atoms with van der Waals surface area (Å²) in [6, 6.07) is 5.90. The van der Waals surface area contributed by atoms with Crippen LogP contribution in [0.15, 0.2) is 34.9 Å². The zero-order chi connectivity index (χ0) is 14.7. The number of nitrogen functional groups attached to an aromatic ring is 1. The summed E-state index contributed by atoms with van der Waals surface area (Å²) in [5.41, 5.74) is 6.53. The Morgan fingerprint density at radius 3 is 2.40 bits per heavy atom. The number of halogens is 3. The van der Waals surface area contributed by atoms with Crippen molar-refractivity contribution < 1.29 is 4.79 Å². The summed E-state index contributed by atoms with van der Waals surface area (Å²) in [7, 11) is 0. The quantitative estimate of drug-likeness (QED) is 0.728. The number of amides is 2. The van der Waals surface area contributed by atoms with Crippen molar-refractivity contribution in [2.45, 2.75) is 0 Å². The molecule has 4 N–H and O–H groups in total. The van der Waals surface area contributed by atoms with Crippen LogP contribution in [0.25, 0.3) is 0 Å². The Morgan fingerprint density at radius 1 is 1.15 bits per heavy atom. The molecule has 0 fully saturated rings. The molecule has 1 heterocycles. The number of anilines is 3. The molecule has 0 saturated heterocycles. The third-order valence-corrected chi connectivity index (χ3v) is 3.26. The van der Waals surface area contributed by atoms with Gasteiger partial charge in [-0.25, -0.2) is 9.78 Å². The summed E-state index contributed by atoms with van der Waals surface area (Å²) >= 11 is 15.0. The van der Waals surface area contributed by atoms with E-state index in [4.69, 9.17) is 28.9 Å². The molecule has 1 aromatic heterocycles. The highest BCUT2D eigenvalue weighted by Crippen LogP contribution is 2.24. The number of pyridine rings is 1. The van der Waals surface area contributed by atoms with Crippen molar-refractivity contribution in [3.05, 3.63) is 45.0 Å². The van der Waals surface area contributed by atoms with E-state index in [9.17, 15) is 4.79 Å². The number of benzene rings is 1. The van der Waals surface area contributed by atoms with E-state index in [0.717, 1.165) is 0 Å². The maximum atomic E-state index is 11.8. The molecule has 20 heavy (non-hydrogen) atoms. The molecule has 5 nitrogen and oxygen atoms in total. The zero-order valence-electron chi connectivity index (χ0n) is 9.95. The molecule has 0 aliphatic heterocycles. The summed E-state index contributed by atoms with van der Waals surface area (Å²) < 4.78 is 0.580. The van der Waals surface area contributed by atoms with Gasteiger partial charge in [-0.2, -0.15) is 0 Å². The Balaban J connectivity index is 2.09. The Labute approximate surface area is 133 Å². The fraction of sp³-hybridized carbons (Fsp3) is 0. The van der Waals surface area contributed by atoms with Crippen molar-refractivity contribution in [1.82, 2.24) is 4.98 Å². The minimum absolute atomic E-state index is 0.352. The highest BCUT2D eigenvalue weighted by molar-refractivity contribution is 9.10. The molecule has 104 valence electrons. The van der Waals surface area contributed by atoms with Crippen LogP contribution in [0.2, 0.25) is 10.0 Å². The predicted octanol–water partition coefficient (Wildman–Crippen LogP) is 4.38. The average Bonchev–Trinajstić information content (AvgIpc) is 2.31. The molecule has 1 aromatic carbocycles. The van der Waals surface area contributed by atoms with Gasteiger partial charge in [0.05, 0.1) is 16.4 Å². The zero-order valence-corrected chi connectivity index (χ0v) is 13.1. The number of nitrogens with zero attached hydrogens (tertiary/aromatic N) is 1. The van der Waals surface area contributed by atoms with E-state index in [0.29, 0.717) is 31.7 Å². The maximum Gasteiger partial charge on any atom is 0.324 e. The smallest absolute Gasteiger partial charge is 0.324 e. The Bertz CT molecular complexity index is 646. The van der Waals surface area contributed by atoms with E-state index in [1.54, 1.807) is 24.3 Å². The van der Waals surface area contributed by atoms with E-state index in [1.807, 2.05) is 0 Å². The van der Waals surface area contributed by atoms with Crippen LogP contribution in [0.5, 0.6) is 0 Å². The molecule has 0 radical (unpaired) electrons. The van der Waals surface area contributed by atoms with Crippen LogP contribution in [-0.2, 0) is 0 Å². The van der Waals surface area contributed by atoms with Crippen LogP contribution in [0.3, 0.4) is 0 Å². The second kappa shape index (κ2) is 6.30. The Hall–Kier alpha value is -1.50. The van der Waals surface area contributed by atoms with Crippen LogP contribution in [0, 0.1) is 0 Å². The Morgan fingerprint density at radius 2 is 1.80 bits per heavy atom. The van der Waals surface area contributed by atoms with Crippen molar-refractivity contribution in [3.63, 3.8) is 0 Å². The molecule has 0 bridgehead atoms. The summed E-state index contributed by atoms with van der Waals surface area (Å²) in [6.45, 7) is 0. The van der Waals surface area contributed by atoms with Crippen LogP contribution in [0.4, 0.5) is 22.0 Å². The van der Waals surface area contributed by atoms with Crippen molar-refractivity contribution in [3.8, 4) is 0 Å². The Kier molecular flexibility index (Phi) is 4.69. The first-order valence-electron chi connectivity index (χ1n) is 5.39. The molecule has 0 atom stereocenters. The standard InChI is InChI=1S/C12H9BrCl2N4O/c13-10-4-8(16)5-17-11(10)19-12(20)18-9-2-6(14)1-7(15)3-9/h1-5H,16H2,(H2,17,18,19,20). The van der Waals surface area contributed by atoms with E-state index in [1.165, 1.54) is 6.20 Å². The van der Waals surface area contributed by atoms with Crippen molar-refractivity contribution in [2.24, 2.45) is 0 Å². The van der Waals surface area contributed by atoms with Gasteiger partial charge >= 0.3 is 6.03 Å². The lowest BCUT2D eigenvalue weighted by Crippen LogP contribution is -2.20. The topological polar surface area (TPSA) is 80.0 Å². The number of aromatic nitrogens is 1. The summed E-state index contributed by atoms with van der Waals surface area (Å²) in [6.07, 6.45) is 1.44. The highest BCUT2D eigenvalue weighted by atomic mass is 79.9. The van der Waals surface area contributed by atoms with Crippen LogP contribution in [0.1, 0.15) is 0 Å². The first kappa shape index (κ1) is 14.9. The fourth-order valence-corrected chi connectivity index (χ4v) is 2.43. The second-order valence-corrected chi connectivity index (χ2v) is 5.56. The lowest BCUT2D eigenvalue weighted by Gasteiger charge is -2.09. The number of carbonyl (C=O) groups excluding carboxylic acids is 1. The van der Waals surface area contributed by atoms with Crippen LogP contribution in [-0.4, -0.2) is 11.0 Å². The number of urea groups is 1. The first-order chi connectivity index (χ1) is 9.44. The van der Waals surface area contributed by atoms with Gasteiger partial charge in [0.1, 0.15) is 5.82 Å². The molecule has 0 aliphatic carbocycles. The van der Waals surface area contributed by atoms with Gasteiger partial charge in [0.15, 0.2) is 0 Å². The SMILES string of the molecule is Nc1cnc(NC(=O)Nc2cc(Cl)cc(Cl)c2)c(Br)c1. The summed E-state index contributed by atoms with van der Waals surface area (Å²) in [4.78, 5) is 15.8. The normalized spacial score (nSPS) is 10.2. The maximum absolute atomic E-state index is 11.8.